The number of hydrogen-bond acceptors (Lipinski definition) is 7. The molecule has 3 rings (SSSR count). The topological polar surface area (TPSA) is 137 Å². The Balaban J connectivity index is 0.000000536. The Morgan fingerprint density at radius 3 is 2.40 bits per heavy atom. The maximum absolute atomic E-state index is 13.4. The number of amides is 3. The SMILES string of the molecule is CNc1cccc(CNC(=O)C2CCC3CCCCC(NC(=O)C(C)NC)C(=O)N32)c1.O=CCC(=O)C(F)(F)F. The Kier molecular flexibility index (Phi) is 12.6. The van der Waals surface area contributed by atoms with Gasteiger partial charge in [0.2, 0.25) is 23.5 Å². The first-order valence-corrected chi connectivity index (χ1v) is 13.3. The molecule has 13 heteroatoms. The number of benzene rings is 1. The highest BCUT2D eigenvalue weighted by molar-refractivity contribution is 5.94. The van der Waals surface area contributed by atoms with Crippen LogP contribution in [0.25, 0.3) is 0 Å². The molecule has 2 aliphatic rings. The Bertz CT molecular complexity index is 1050. The van der Waals surface area contributed by atoms with E-state index in [0.717, 1.165) is 36.9 Å². The monoisotopic (exact) mass is 569 g/mol. The smallest absolute Gasteiger partial charge is 0.388 e. The van der Waals surface area contributed by atoms with Crippen LogP contribution in [0.1, 0.15) is 57.4 Å². The summed E-state index contributed by atoms with van der Waals surface area (Å²) in [5, 5.41) is 11.9. The Morgan fingerprint density at radius 1 is 1.10 bits per heavy atom. The number of fused-ring (bicyclic) bond motifs is 1. The van der Waals surface area contributed by atoms with Crippen LogP contribution in [0.15, 0.2) is 24.3 Å². The minimum atomic E-state index is -4.86. The molecule has 2 fully saturated rings. The number of nitrogens with one attached hydrogen (secondary N) is 4. The van der Waals surface area contributed by atoms with Crippen LogP contribution in [0.3, 0.4) is 0 Å². The number of aldehydes is 1. The largest absolute Gasteiger partial charge is 0.450 e. The summed E-state index contributed by atoms with van der Waals surface area (Å²) in [6.07, 6.45) is -1.12. The van der Waals surface area contributed by atoms with Gasteiger partial charge in [-0.15, -0.1) is 0 Å². The van der Waals surface area contributed by atoms with Crippen LogP contribution in [-0.2, 0) is 30.5 Å². The first kappa shape index (κ1) is 32.7. The second-order valence-corrected chi connectivity index (χ2v) is 9.81. The van der Waals surface area contributed by atoms with E-state index in [1.54, 1.807) is 18.9 Å². The lowest BCUT2D eigenvalue weighted by Crippen LogP contribution is -2.57. The molecule has 2 aliphatic heterocycles. The van der Waals surface area contributed by atoms with E-state index in [1.807, 2.05) is 31.3 Å². The van der Waals surface area contributed by atoms with Crippen molar-refractivity contribution in [3.8, 4) is 0 Å². The Labute approximate surface area is 231 Å². The van der Waals surface area contributed by atoms with Crippen molar-refractivity contribution >= 4 is 35.5 Å². The summed E-state index contributed by atoms with van der Waals surface area (Å²) in [5.74, 6) is -2.45. The quantitative estimate of drug-likeness (QED) is 0.264. The lowest BCUT2D eigenvalue weighted by atomic mass is 9.98. The van der Waals surface area contributed by atoms with Gasteiger partial charge in [0.1, 0.15) is 18.4 Å². The Hall–Kier alpha value is -3.48. The van der Waals surface area contributed by atoms with Crippen LogP contribution in [-0.4, -0.2) is 79.1 Å². The average molecular weight is 570 g/mol. The van der Waals surface area contributed by atoms with Crippen molar-refractivity contribution in [3.05, 3.63) is 29.8 Å². The van der Waals surface area contributed by atoms with Crippen molar-refractivity contribution in [2.45, 2.75) is 88.8 Å². The third-order valence-corrected chi connectivity index (χ3v) is 7.05. The summed E-state index contributed by atoms with van der Waals surface area (Å²) in [5.41, 5.74) is 1.99. The molecule has 40 heavy (non-hydrogen) atoms. The van der Waals surface area contributed by atoms with Crippen molar-refractivity contribution in [2.24, 2.45) is 0 Å². The van der Waals surface area contributed by atoms with Crippen molar-refractivity contribution in [2.75, 3.05) is 19.4 Å². The lowest BCUT2D eigenvalue weighted by Gasteiger charge is -2.35. The predicted octanol–water partition coefficient (Wildman–Crippen LogP) is 2.08. The van der Waals surface area contributed by atoms with Crippen LogP contribution in [0.2, 0.25) is 0 Å². The van der Waals surface area contributed by atoms with Gasteiger partial charge in [-0.3, -0.25) is 19.2 Å². The molecular formula is C27H38F3N5O5. The number of halogens is 3. The maximum atomic E-state index is 13.4. The van der Waals surface area contributed by atoms with E-state index in [1.165, 1.54) is 0 Å². The van der Waals surface area contributed by atoms with Gasteiger partial charge in [0, 0.05) is 25.3 Å². The normalized spacial score (nSPS) is 21.5. The van der Waals surface area contributed by atoms with Crippen LogP contribution < -0.4 is 21.3 Å². The Morgan fingerprint density at radius 2 is 1.80 bits per heavy atom. The van der Waals surface area contributed by atoms with Crippen LogP contribution in [0, 0.1) is 0 Å². The van der Waals surface area contributed by atoms with Crippen molar-refractivity contribution < 1.29 is 37.1 Å². The summed E-state index contributed by atoms with van der Waals surface area (Å²) in [6.45, 7) is 2.18. The molecule has 3 amide bonds. The van der Waals surface area contributed by atoms with E-state index in [-0.39, 0.29) is 36.1 Å². The van der Waals surface area contributed by atoms with E-state index in [9.17, 15) is 37.1 Å². The van der Waals surface area contributed by atoms with Gasteiger partial charge in [0.25, 0.3) is 0 Å². The summed E-state index contributed by atoms with van der Waals surface area (Å²) in [4.78, 5) is 59.6. The molecule has 0 saturated carbocycles. The lowest BCUT2D eigenvalue weighted by molar-refractivity contribution is -0.171. The zero-order valence-electron chi connectivity index (χ0n) is 23.0. The van der Waals surface area contributed by atoms with Gasteiger partial charge in [0.05, 0.1) is 12.5 Å². The van der Waals surface area contributed by atoms with E-state index in [2.05, 4.69) is 21.3 Å². The van der Waals surface area contributed by atoms with Gasteiger partial charge in [-0.1, -0.05) is 25.0 Å². The fraction of sp³-hybridized carbons (Fsp3) is 0.593. The molecular weight excluding hydrogens is 531 g/mol. The summed E-state index contributed by atoms with van der Waals surface area (Å²) < 4.78 is 33.4. The number of likely N-dealkylation sites (N-methyl/N-ethyl adjacent to an activating group) is 1. The fourth-order valence-electron chi connectivity index (χ4n) is 4.69. The summed E-state index contributed by atoms with van der Waals surface area (Å²) >= 11 is 0. The molecule has 0 radical (unpaired) electrons. The molecule has 2 heterocycles. The van der Waals surface area contributed by atoms with Crippen LogP contribution in [0.4, 0.5) is 18.9 Å². The number of carbonyl (C=O) groups excluding carboxylic acids is 5. The third-order valence-electron chi connectivity index (χ3n) is 7.05. The zero-order valence-corrected chi connectivity index (χ0v) is 23.0. The van der Waals surface area contributed by atoms with E-state index >= 15 is 0 Å². The van der Waals surface area contributed by atoms with E-state index < -0.39 is 30.5 Å². The first-order chi connectivity index (χ1) is 18.9. The molecule has 1 aromatic carbocycles. The van der Waals surface area contributed by atoms with Crippen molar-refractivity contribution in [3.63, 3.8) is 0 Å². The molecule has 4 N–H and O–H groups in total. The maximum Gasteiger partial charge on any atom is 0.450 e. The average Bonchev–Trinajstić information content (AvgIpc) is 3.35. The molecule has 4 atom stereocenters. The number of nitrogens with zero attached hydrogens (tertiary/aromatic N) is 1. The van der Waals surface area contributed by atoms with Gasteiger partial charge in [-0.2, -0.15) is 13.2 Å². The van der Waals surface area contributed by atoms with Crippen molar-refractivity contribution in [1.29, 1.82) is 0 Å². The number of alkyl halides is 3. The molecule has 0 aromatic heterocycles. The van der Waals surface area contributed by atoms with Gasteiger partial charge in [-0.05, 0) is 57.4 Å². The highest BCUT2D eigenvalue weighted by atomic mass is 19.4. The summed E-state index contributed by atoms with van der Waals surface area (Å²) in [6, 6.07) is 6.50. The minimum Gasteiger partial charge on any atom is -0.388 e. The second-order valence-electron chi connectivity index (χ2n) is 9.81. The molecule has 4 unspecified atom stereocenters. The number of anilines is 1. The molecule has 1 aromatic rings. The molecule has 0 spiro atoms. The molecule has 0 bridgehead atoms. The number of Topliss-reactive ketones (excluding diaryl/α,β-unsaturated/α-hetero) is 1. The van der Waals surface area contributed by atoms with Crippen molar-refractivity contribution in [1.82, 2.24) is 20.9 Å². The number of ketones is 1. The zero-order chi connectivity index (χ0) is 29.9. The van der Waals surface area contributed by atoms with Crippen LogP contribution >= 0.6 is 0 Å². The molecule has 222 valence electrons. The highest BCUT2D eigenvalue weighted by Crippen LogP contribution is 2.31. The molecule has 10 nitrogen and oxygen atoms in total. The molecule has 2 saturated heterocycles. The van der Waals surface area contributed by atoms with Gasteiger partial charge in [0.15, 0.2) is 0 Å². The number of carbonyl (C=O) groups is 5. The van der Waals surface area contributed by atoms with Gasteiger partial charge in [-0.25, -0.2) is 0 Å². The minimum absolute atomic E-state index is 0.0669. The van der Waals surface area contributed by atoms with Gasteiger partial charge < -0.3 is 31.0 Å². The van der Waals surface area contributed by atoms with Crippen LogP contribution in [0.5, 0.6) is 0 Å². The highest BCUT2D eigenvalue weighted by Gasteiger charge is 2.44. The van der Waals surface area contributed by atoms with E-state index in [4.69, 9.17) is 0 Å². The number of rotatable bonds is 9. The van der Waals surface area contributed by atoms with E-state index in [0.29, 0.717) is 19.4 Å². The summed E-state index contributed by atoms with van der Waals surface area (Å²) in [7, 11) is 3.57. The fourth-order valence-corrected chi connectivity index (χ4v) is 4.69. The first-order valence-electron chi connectivity index (χ1n) is 13.3. The number of hydrogen-bond donors (Lipinski definition) is 4. The third kappa shape index (κ3) is 9.32. The van der Waals surface area contributed by atoms with Gasteiger partial charge >= 0.3 is 6.18 Å². The predicted molar refractivity (Wildman–Crippen MR) is 142 cm³/mol. The second kappa shape index (κ2) is 15.3. The molecule has 0 aliphatic carbocycles. The standard InChI is InChI=1S/C23H35N5O3.C4H3F3O2/c1-15(24-2)21(29)27-19-10-5-4-9-18-11-12-20(28(18)23(19)31)22(30)26-14-16-7-6-8-17(13-16)25-3;5-4(6,7)3(9)1-2-8/h6-8,13,15,18-20,24-25H,4-5,9-12,14H2,1-3H3,(H,26,30)(H,27,29);2H,1H2.